The predicted octanol–water partition coefficient (Wildman–Crippen LogP) is 3.90. The number of amides is 2. The van der Waals surface area contributed by atoms with Gasteiger partial charge in [0.25, 0.3) is 5.91 Å². The first kappa shape index (κ1) is 23.0. The van der Waals surface area contributed by atoms with Crippen LogP contribution in [-0.2, 0) is 9.59 Å². The Bertz CT molecular complexity index is 995. The van der Waals surface area contributed by atoms with E-state index < -0.39 is 5.97 Å². The van der Waals surface area contributed by atoms with Gasteiger partial charge in [0.15, 0.2) is 11.5 Å². The molecule has 0 atom stereocenters. The molecule has 0 saturated heterocycles. The number of hydrogen-bond donors (Lipinski definition) is 2. The first-order valence-electron chi connectivity index (χ1n) is 10.6. The van der Waals surface area contributed by atoms with Crippen molar-refractivity contribution in [2.24, 2.45) is 11.0 Å². The Kier molecular flexibility index (Phi) is 7.96. The third-order valence-electron chi connectivity index (χ3n) is 5.21. The van der Waals surface area contributed by atoms with Gasteiger partial charge in [-0.15, -0.1) is 0 Å². The van der Waals surface area contributed by atoms with Crippen LogP contribution in [0.3, 0.4) is 0 Å². The van der Waals surface area contributed by atoms with Crippen molar-refractivity contribution in [3.05, 3.63) is 53.6 Å². The maximum Gasteiger partial charge on any atom is 0.308 e. The lowest BCUT2D eigenvalue weighted by Gasteiger charge is -2.20. The Balaban J connectivity index is 1.55. The molecular formula is C24H27N3O5. The zero-order valence-corrected chi connectivity index (χ0v) is 18.2. The number of methoxy groups -OCH3 is 1. The lowest BCUT2D eigenvalue weighted by atomic mass is 9.88. The molecule has 1 saturated carbocycles. The highest BCUT2D eigenvalue weighted by atomic mass is 16.6. The van der Waals surface area contributed by atoms with Crippen LogP contribution in [0.2, 0.25) is 0 Å². The number of anilines is 1. The average molecular weight is 437 g/mol. The average Bonchev–Trinajstić information content (AvgIpc) is 2.80. The van der Waals surface area contributed by atoms with E-state index in [4.69, 9.17) is 9.47 Å². The summed E-state index contributed by atoms with van der Waals surface area (Å²) < 4.78 is 10.3. The van der Waals surface area contributed by atoms with Gasteiger partial charge in [0.2, 0.25) is 5.91 Å². The van der Waals surface area contributed by atoms with Crippen LogP contribution in [0, 0.1) is 5.92 Å². The van der Waals surface area contributed by atoms with Crippen LogP contribution in [0.4, 0.5) is 5.69 Å². The standard InChI is InChI=1S/C24H27N3O5/c1-16(28)32-21-13-8-17(14-22(21)31-2)15-25-27-24(30)19-9-11-20(12-10-19)26-23(29)18-6-4-3-5-7-18/h8-15,18H,3-7H2,1-2H3,(H,26,29)(H,27,30). The molecule has 2 amide bonds. The number of esters is 1. The zero-order chi connectivity index (χ0) is 22.9. The summed E-state index contributed by atoms with van der Waals surface area (Å²) in [7, 11) is 1.46. The van der Waals surface area contributed by atoms with E-state index in [1.807, 2.05) is 0 Å². The molecule has 0 aromatic heterocycles. The van der Waals surface area contributed by atoms with Crippen molar-refractivity contribution in [2.75, 3.05) is 12.4 Å². The molecule has 0 spiro atoms. The lowest BCUT2D eigenvalue weighted by molar-refractivity contribution is -0.132. The normalized spacial score (nSPS) is 14.1. The van der Waals surface area contributed by atoms with Crippen LogP contribution < -0.4 is 20.2 Å². The molecule has 1 fully saturated rings. The molecule has 2 aromatic rings. The maximum atomic E-state index is 12.3. The summed E-state index contributed by atoms with van der Waals surface area (Å²) in [6.07, 6.45) is 6.72. The van der Waals surface area contributed by atoms with Crippen LogP contribution in [0.1, 0.15) is 54.9 Å². The largest absolute Gasteiger partial charge is 0.493 e. The minimum Gasteiger partial charge on any atom is -0.493 e. The number of hydrogen-bond acceptors (Lipinski definition) is 6. The number of carbonyl (C=O) groups excluding carboxylic acids is 3. The van der Waals surface area contributed by atoms with Gasteiger partial charge < -0.3 is 14.8 Å². The number of nitrogens with one attached hydrogen (secondary N) is 2. The summed E-state index contributed by atoms with van der Waals surface area (Å²) in [5.74, 6) is -0.0333. The van der Waals surface area contributed by atoms with E-state index >= 15 is 0 Å². The van der Waals surface area contributed by atoms with Crippen molar-refractivity contribution in [3.63, 3.8) is 0 Å². The summed E-state index contributed by atoms with van der Waals surface area (Å²) in [6, 6.07) is 11.6. The second-order valence-electron chi connectivity index (χ2n) is 7.60. The molecule has 0 aliphatic heterocycles. The molecule has 2 aromatic carbocycles. The van der Waals surface area contributed by atoms with Crippen molar-refractivity contribution in [1.29, 1.82) is 0 Å². The Labute approximate surface area is 187 Å². The third-order valence-corrected chi connectivity index (χ3v) is 5.21. The van der Waals surface area contributed by atoms with E-state index in [-0.39, 0.29) is 17.7 Å². The highest BCUT2D eigenvalue weighted by Gasteiger charge is 2.21. The summed E-state index contributed by atoms with van der Waals surface area (Å²) >= 11 is 0. The number of ether oxygens (including phenoxy) is 2. The van der Waals surface area contributed by atoms with Gasteiger partial charge in [0, 0.05) is 24.1 Å². The van der Waals surface area contributed by atoms with Crippen LogP contribution in [-0.4, -0.2) is 31.1 Å². The van der Waals surface area contributed by atoms with Gasteiger partial charge in [-0.25, -0.2) is 5.43 Å². The maximum absolute atomic E-state index is 12.3. The van der Waals surface area contributed by atoms with Gasteiger partial charge in [-0.1, -0.05) is 19.3 Å². The van der Waals surface area contributed by atoms with Crippen LogP contribution >= 0.6 is 0 Å². The Morgan fingerprint density at radius 1 is 1.00 bits per heavy atom. The number of rotatable bonds is 7. The molecule has 1 aliphatic rings. The molecule has 168 valence electrons. The van der Waals surface area contributed by atoms with Gasteiger partial charge in [0.1, 0.15) is 0 Å². The smallest absolute Gasteiger partial charge is 0.308 e. The summed E-state index contributed by atoms with van der Waals surface area (Å²) in [4.78, 5) is 35.8. The summed E-state index contributed by atoms with van der Waals surface area (Å²) in [6.45, 7) is 1.31. The highest BCUT2D eigenvalue weighted by Crippen LogP contribution is 2.28. The minimum absolute atomic E-state index is 0.0432. The van der Waals surface area contributed by atoms with E-state index in [2.05, 4.69) is 15.8 Å². The van der Waals surface area contributed by atoms with Crippen molar-refractivity contribution in [1.82, 2.24) is 5.43 Å². The Morgan fingerprint density at radius 2 is 1.72 bits per heavy atom. The SMILES string of the molecule is COc1cc(C=NNC(=O)c2ccc(NC(=O)C3CCCCC3)cc2)ccc1OC(C)=O. The van der Waals surface area contributed by atoms with Crippen molar-refractivity contribution < 1.29 is 23.9 Å². The fourth-order valence-corrected chi connectivity index (χ4v) is 3.55. The van der Waals surface area contributed by atoms with Crippen molar-refractivity contribution >= 4 is 29.7 Å². The molecule has 8 heteroatoms. The van der Waals surface area contributed by atoms with Gasteiger partial charge >= 0.3 is 5.97 Å². The van der Waals surface area contributed by atoms with E-state index in [0.717, 1.165) is 25.7 Å². The first-order valence-corrected chi connectivity index (χ1v) is 10.6. The lowest BCUT2D eigenvalue weighted by Crippen LogP contribution is -2.24. The molecule has 0 bridgehead atoms. The number of nitrogens with zero attached hydrogens (tertiary/aromatic N) is 1. The predicted molar refractivity (Wildman–Crippen MR) is 121 cm³/mol. The Morgan fingerprint density at radius 3 is 2.38 bits per heavy atom. The van der Waals surface area contributed by atoms with E-state index in [9.17, 15) is 14.4 Å². The first-order chi connectivity index (χ1) is 15.5. The number of hydrazone groups is 1. The number of benzene rings is 2. The fourth-order valence-electron chi connectivity index (χ4n) is 3.55. The molecule has 1 aliphatic carbocycles. The third kappa shape index (κ3) is 6.41. The minimum atomic E-state index is -0.448. The van der Waals surface area contributed by atoms with Crippen molar-refractivity contribution in [3.8, 4) is 11.5 Å². The van der Waals surface area contributed by atoms with Crippen LogP contribution in [0.5, 0.6) is 11.5 Å². The molecule has 3 rings (SSSR count). The van der Waals surface area contributed by atoms with Gasteiger partial charge in [0.05, 0.1) is 13.3 Å². The molecule has 0 heterocycles. The molecule has 32 heavy (non-hydrogen) atoms. The van der Waals surface area contributed by atoms with Crippen molar-refractivity contribution in [2.45, 2.75) is 39.0 Å². The van der Waals surface area contributed by atoms with Gasteiger partial charge in [-0.3, -0.25) is 14.4 Å². The van der Waals surface area contributed by atoms with Crippen LogP contribution in [0.15, 0.2) is 47.6 Å². The Hall–Kier alpha value is -3.68. The van der Waals surface area contributed by atoms with Gasteiger partial charge in [-0.05, 0) is 60.9 Å². The summed E-state index contributed by atoms with van der Waals surface area (Å²) in [5, 5.41) is 6.88. The summed E-state index contributed by atoms with van der Waals surface area (Å²) in [5.41, 5.74) is 4.20. The molecule has 2 N–H and O–H groups in total. The molecule has 0 radical (unpaired) electrons. The second-order valence-corrected chi connectivity index (χ2v) is 7.60. The second kappa shape index (κ2) is 11.1. The van der Waals surface area contributed by atoms with E-state index in [0.29, 0.717) is 28.3 Å². The van der Waals surface area contributed by atoms with E-state index in [1.54, 1.807) is 42.5 Å². The zero-order valence-electron chi connectivity index (χ0n) is 18.2. The fraction of sp³-hybridized carbons (Fsp3) is 0.333. The molecular weight excluding hydrogens is 410 g/mol. The highest BCUT2D eigenvalue weighted by molar-refractivity contribution is 5.96. The molecule has 0 unspecified atom stereocenters. The monoisotopic (exact) mass is 437 g/mol. The van der Waals surface area contributed by atoms with Crippen LogP contribution in [0.25, 0.3) is 0 Å². The number of carbonyl (C=O) groups is 3. The quantitative estimate of drug-likeness (QED) is 0.296. The molecule has 8 nitrogen and oxygen atoms in total. The van der Waals surface area contributed by atoms with E-state index in [1.165, 1.54) is 26.7 Å². The topological polar surface area (TPSA) is 106 Å². The van der Waals surface area contributed by atoms with Gasteiger partial charge in [-0.2, -0.15) is 5.10 Å².